The third-order valence-corrected chi connectivity index (χ3v) is 5.76. The van der Waals surface area contributed by atoms with Gasteiger partial charge in [-0.05, 0) is 67.4 Å². The molecule has 7 heteroatoms. The molecule has 1 saturated heterocycles. The van der Waals surface area contributed by atoms with E-state index in [9.17, 15) is 4.79 Å². The minimum absolute atomic E-state index is 0.114. The molecular weight excluding hydrogens is 426 g/mol. The van der Waals surface area contributed by atoms with Gasteiger partial charge in [-0.2, -0.15) is 0 Å². The molecule has 0 bridgehead atoms. The Morgan fingerprint density at radius 1 is 1.12 bits per heavy atom. The molecule has 0 aliphatic carbocycles. The van der Waals surface area contributed by atoms with E-state index < -0.39 is 0 Å². The fourth-order valence-corrected chi connectivity index (χ4v) is 3.88. The monoisotopic (exact) mass is 455 g/mol. The summed E-state index contributed by atoms with van der Waals surface area (Å²) in [6.45, 7) is 9.50. The zero-order valence-corrected chi connectivity index (χ0v) is 19.3. The van der Waals surface area contributed by atoms with E-state index in [1.54, 1.807) is 36.8 Å². The average molecular weight is 456 g/mol. The third-order valence-electron chi connectivity index (χ3n) is 5.76. The van der Waals surface area contributed by atoms with Crippen LogP contribution in [0.2, 0.25) is 0 Å². The lowest BCUT2D eigenvalue weighted by atomic mass is 10.1. The minimum Gasteiger partial charge on any atom is -0.474 e. The van der Waals surface area contributed by atoms with Crippen LogP contribution in [0.4, 0.5) is 5.82 Å². The molecule has 1 aliphatic rings. The SMILES string of the molecule is C=C/C=C(/c1ccc2cnc(NC(=O)c3ccnc(OC4CCNCC4)c3)cc2c1)N(C)C=C. The zero-order chi connectivity index (χ0) is 23.9. The fourth-order valence-electron chi connectivity index (χ4n) is 3.88. The summed E-state index contributed by atoms with van der Waals surface area (Å²) in [4.78, 5) is 23.5. The number of anilines is 1. The van der Waals surface area contributed by atoms with Crippen LogP contribution < -0.4 is 15.4 Å². The number of nitrogens with zero attached hydrogens (tertiary/aromatic N) is 3. The molecule has 2 aromatic heterocycles. The van der Waals surface area contributed by atoms with Crippen molar-refractivity contribution in [3.05, 3.63) is 91.4 Å². The number of allylic oxidation sites excluding steroid dienone is 2. The van der Waals surface area contributed by atoms with E-state index in [1.165, 1.54) is 0 Å². The number of pyridine rings is 2. The summed E-state index contributed by atoms with van der Waals surface area (Å²) in [5.41, 5.74) is 2.44. The maximum Gasteiger partial charge on any atom is 0.257 e. The molecule has 2 N–H and O–H groups in total. The van der Waals surface area contributed by atoms with Crippen LogP contribution in [0.3, 0.4) is 0 Å². The van der Waals surface area contributed by atoms with Crippen molar-refractivity contribution >= 4 is 28.2 Å². The number of nitrogens with one attached hydrogen (secondary N) is 2. The number of hydrogen-bond donors (Lipinski definition) is 2. The minimum atomic E-state index is -0.265. The number of aromatic nitrogens is 2. The van der Waals surface area contributed by atoms with Crippen LogP contribution in [0.15, 0.2) is 80.3 Å². The molecule has 0 spiro atoms. The summed E-state index contributed by atoms with van der Waals surface area (Å²) in [5, 5.41) is 8.13. The lowest BCUT2D eigenvalue weighted by Crippen LogP contribution is -2.34. The molecule has 3 heterocycles. The van der Waals surface area contributed by atoms with E-state index >= 15 is 0 Å². The maximum atomic E-state index is 12.9. The summed E-state index contributed by atoms with van der Waals surface area (Å²) in [6.07, 6.45) is 10.7. The number of rotatable bonds is 8. The molecule has 34 heavy (non-hydrogen) atoms. The van der Waals surface area contributed by atoms with Gasteiger partial charge in [-0.25, -0.2) is 9.97 Å². The second-order valence-corrected chi connectivity index (χ2v) is 8.12. The Balaban J connectivity index is 1.53. The van der Waals surface area contributed by atoms with Gasteiger partial charge >= 0.3 is 0 Å². The Bertz CT molecular complexity index is 1230. The van der Waals surface area contributed by atoms with Gasteiger partial charge < -0.3 is 20.3 Å². The van der Waals surface area contributed by atoms with Crippen molar-refractivity contribution in [3.8, 4) is 5.88 Å². The van der Waals surface area contributed by atoms with Gasteiger partial charge in [0.25, 0.3) is 5.91 Å². The lowest BCUT2D eigenvalue weighted by Gasteiger charge is -2.23. The Morgan fingerprint density at radius 2 is 1.94 bits per heavy atom. The van der Waals surface area contributed by atoms with Crippen LogP contribution in [-0.2, 0) is 0 Å². The Morgan fingerprint density at radius 3 is 2.71 bits per heavy atom. The predicted molar refractivity (Wildman–Crippen MR) is 137 cm³/mol. The highest BCUT2D eigenvalue weighted by Crippen LogP contribution is 2.25. The van der Waals surface area contributed by atoms with Crippen molar-refractivity contribution in [1.82, 2.24) is 20.2 Å². The van der Waals surface area contributed by atoms with E-state index in [0.717, 1.165) is 48.0 Å². The Hall–Kier alpha value is -3.97. The molecule has 1 fully saturated rings. The molecule has 0 unspecified atom stereocenters. The molecule has 7 nitrogen and oxygen atoms in total. The molecule has 174 valence electrons. The van der Waals surface area contributed by atoms with E-state index in [1.807, 2.05) is 36.2 Å². The smallest absolute Gasteiger partial charge is 0.257 e. The van der Waals surface area contributed by atoms with Crippen molar-refractivity contribution < 1.29 is 9.53 Å². The number of carbonyl (C=O) groups excluding carboxylic acids is 1. The van der Waals surface area contributed by atoms with Crippen LogP contribution in [0.25, 0.3) is 16.5 Å². The highest BCUT2D eigenvalue weighted by atomic mass is 16.5. The van der Waals surface area contributed by atoms with Gasteiger partial charge in [0.15, 0.2) is 0 Å². The normalized spacial score (nSPS) is 14.4. The van der Waals surface area contributed by atoms with Crippen molar-refractivity contribution in [2.45, 2.75) is 18.9 Å². The van der Waals surface area contributed by atoms with Crippen molar-refractivity contribution in [1.29, 1.82) is 0 Å². The number of benzene rings is 1. The van der Waals surface area contributed by atoms with Gasteiger partial charge in [0, 0.05) is 42.2 Å². The zero-order valence-electron chi connectivity index (χ0n) is 19.3. The number of amides is 1. The molecule has 1 aliphatic heterocycles. The Labute approximate surface area is 199 Å². The van der Waals surface area contributed by atoms with Gasteiger partial charge in [0.05, 0.1) is 0 Å². The van der Waals surface area contributed by atoms with Crippen molar-refractivity contribution in [2.75, 3.05) is 25.5 Å². The van der Waals surface area contributed by atoms with Crippen molar-refractivity contribution in [2.24, 2.45) is 0 Å². The first-order valence-electron chi connectivity index (χ1n) is 11.3. The van der Waals surface area contributed by atoms with Crippen LogP contribution >= 0.6 is 0 Å². The fraction of sp³-hybridized carbons (Fsp3) is 0.222. The highest BCUT2D eigenvalue weighted by Gasteiger charge is 2.16. The van der Waals surface area contributed by atoms with E-state index in [-0.39, 0.29) is 12.0 Å². The maximum absolute atomic E-state index is 12.9. The molecule has 0 radical (unpaired) electrons. The van der Waals surface area contributed by atoms with Gasteiger partial charge in [-0.15, -0.1) is 0 Å². The first-order chi connectivity index (χ1) is 16.6. The molecule has 3 aromatic rings. The quantitative estimate of drug-likeness (QED) is 0.483. The van der Waals surface area contributed by atoms with Crippen LogP contribution in [-0.4, -0.2) is 47.0 Å². The number of ether oxygens (including phenoxy) is 1. The largest absolute Gasteiger partial charge is 0.474 e. The summed E-state index contributed by atoms with van der Waals surface area (Å²) in [5.74, 6) is 0.668. The van der Waals surface area contributed by atoms with E-state index in [0.29, 0.717) is 17.3 Å². The van der Waals surface area contributed by atoms with Gasteiger partial charge in [0.2, 0.25) is 5.88 Å². The molecule has 1 amide bonds. The first kappa shape index (κ1) is 23.2. The number of hydrogen-bond acceptors (Lipinski definition) is 6. The summed E-state index contributed by atoms with van der Waals surface area (Å²) in [7, 11) is 1.93. The molecular formula is C27H29N5O2. The van der Waals surface area contributed by atoms with Gasteiger partial charge in [0.1, 0.15) is 11.9 Å². The van der Waals surface area contributed by atoms with Crippen LogP contribution in [0.1, 0.15) is 28.8 Å². The molecule has 0 saturated carbocycles. The van der Waals surface area contributed by atoms with Crippen LogP contribution in [0, 0.1) is 0 Å². The average Bonchev–Trinajstić information content (AvgIpc) is 2.87. The molecule has 1 aromatic carbocycles. The highest BCUT2D eigenvalue weighted by molar-refractivity contribution is 6.04. The van der Waals surface area contributed by atoms with Crippen molar-refractivity contribution in [3.63, 3.8) is 0 Å². The Kier molecular flexibility index (Phi) is 7.34. The lowest BCUT2D eigenvalue weighted by molar-refractivity contribution is 0.102. The van der Waals surface area contributed by atoms with E-state index in [2.05, 4.69) is 39.8 Å². The summed E-state index contributed by atoms with van der Waals surface area (Å²) in [6, 6.07) is 11.3. The second-order valence-electron chi connectivity index (χ2n) is 8.12. The summed E-state index contributed by atoms with van der Waals surface area (Å²) >= 11 is 0. The predicted octanol–water partition coefficient (Wildman–Crippen LogP) is 4.62. The van der Waals surface area contributed by atoms with E-state index in [4.69, 9.17) is 4.74 Å². The first-order valence-corrected chi connectivity index (χ1v) is 11.3. The molecule has 4 rings (SSSR count). The molecule has 0 atom stereocenters. The summed E-state index contributed by atoms with van der Waals surface area (Å²) < 4.78 is 5.97. The topological polar surface area (TPSA) is 79.4 Å². The number of piperidine rings is 1. The van der Waals surface area contributed by atoms with Crippen LogP contribution in [0.5, 0.6) is 5.88 Å². The third kappa shape index (κ3) is 5.50. The van der Waals surface area contributed by atoms with Gasteiger partial charge in [-0.1, -0.05) is 31.4 Å². The standard InChI is InChI=1S/C27H29N5O2/c1-4-6-24(32(3)5-2)19-7-8-21-18-30-25(16-22(21)15-19)31-27(33)20-9-14-29-26(17-20)34-23-10-12-28-13-11-23/h4-9,14-18,23,28H,1-2,10-13H2,3H3,(H,30,31,33)/b24-6-. The second kappa shape index (κ2) is 10.8. The van der Waals surface area contributed by atoms with Gasteiger partial charge in [-0.3, -0.25) is 4.79 Å². The number of fused-ring (bicyclic) bond motifs is 1. The number of carbonyl (C=O) groups is 1.